The van der Waals surface area contributed by atoms with Gasteiger partial charge in [-0.15, -0.1) is 0 Å². The number of rotatable bonds is 9. The molecular formula is C28H21N3O9S3. The molecule has 1 amide bonds. The Hall–Kier alpha value is -4.60. The molecule has 0 saturated carbocycles. The Morgan fingerprint density at radius 3 is 2.14 bits per heavy atom. The van der Waals surface area contributed by atoms with E-state index in [0.29, 0.717) is 28.1 Å². The summed E-state index contributed by atoms with van der Waals surface area (Å²) < 4.78 is 6.69. The lowest BCUT2D eigenvalue weighted by atomic mass is 10.1. The quantitative estimate of drug-likeness (QED) is 0.288. The molecule has 12 nitrogen and oxygen atoms in total. The number of carbonyl (C=O) groups excluding carboxylic acids is 1. The van der Waals surface area contributed by atoms with Gasteiger partial charge < -0.3 is 24.6 Å². The van der Waals surface area contributed by atoms with Crippen molar-refractivity contribution >= 4 is 80.0 Å². The van der Waals surface area contributed by atoms with Gasteiger partial charge in [0.15, 0.2) is 5.42 Å². The number of thioether (sulfide) groups is 2. The van der Waals surface area contributed by atoms with Crippen molar-refractivity contribution in [3.8, 4) is 0 Å². The van der Waals surface area contributed by atoms with Crippen LogP contribution >= 0.6 is 35.7 Å². The van der Waals surface area contributed by atoms with E-state index < -0.39 is 42.5 Å². The minimum atomic E-state index is -1.38. The molecule has 0 atom stereocenters. The molecule has 43 heavy (non-hydrogen) atoms. The van der Waals surface area contributed by atoms with Gasteiger partial charge in [0.2, 0.25) is 5.55 Å². The molecule has 220 valence electrons. The standard InChI is InChI=1S/C28H21N3O9S3/c32-20(33)12-29-17-8-4-5-9-18(17)42-19(29)11-16(10-15-6-2-1-3-7-15)23-25(38)30(13-21(34)35)27(40-23)24-26(39)31(14-22(36)37)28(41)43-24/h1-9,11H,10,12-14H2,(H,32,33)(H,34,35)(H,36,37). The Morgan fingerprint density at radius 2 is 1.47 bits per heavy atom. The first-order valence-corrected chi connectivity index (χ1v) is 14.5. The lowest BCUT2D eigenvalue weighted by Crippen LogP contribution is -2.37. The van der Waals surface area contributed by atoms with Gasteiger partial charge in [-0.2, -0.15) is 0 Å². The van der Waals surface area contributed by atoms with E-state index in [1.807, 2.05) is 30.3 Å². The molecule has 0 spiro atoms. The van der Waals surface area contributed by atoms with Crippen molar-refractivity contribution in [3.05, 3.63) is 92.6 Å². The highest BCUT2D eigenvalue weighted by atomic mass is 32.2. The van der Waals surface area contributed by atoms with Gasteiger partial charge in [0, 0.05) is 16.9 Å². The number of amides is 1. The molecular weight excluding hydrogens is 619 g/mol. The number of benzene rings is 2. The number of fused-ring (bicyclic) bond motifs is 1. The zero-order chi connectivity index (χ0) is 30.8. The predicted octanol–water partition coefficient (Wildman–Crippen LogP) is 1.51. The number of carboxylic acids is 3. The number of aliphatic carboxylic acids is 3. The Balaban J connectivity index is 1.78. The summed E-state index contributed by atoms with van der Waals surface area (Å²) in [5, 5.41) is 28.9. The summed E-state index contributed by atoms with van der Waals surface area (Å²) in [5.41, 5.74) is 0.264. The van der Waals surface area contributed by atoms with E-state index >= 15 is 0 Å². The number of anilines is 1. The molecule has 0 radical (unpaired) electrons. The van der Waals surface area contributed by atoms with Crippen LogP contribution in [0.2, 0.25) is 0 Å². The summed E-state index contributed by atoms with van der Waals surface area (Å²) in [6.07, 6.45) is 1.75. The molecule has 2 aromatic carbocycles. The highest BCUT2D eigenvalue weighted by molar-refractivity contribution is 8.30. The largest absolute Gasteiger partial charge is 0.480 e. The maximum absolute atomic E-state index is 13.8. The fourth-order valence-corrected chi connectivity index (χ4v) is 6.87. The molecule has 0 unspecified atom stereocenters. The van der Waals surface area contributed by atoms with E-state index in [9.17, 15) is 39.3 Å². The van der Waals surface area contributed by atoms with Crippen LogP contribution < -0.4 is 21.4 Å². The first kappa shape index (κ1) is 29.9. The van der Waals surface area contributed by atoms with Gasteiger partial charge in [-0.1, -0.05) is 66.4 Å². The van der Waals surface area contributed by atoms with Crippen LogP contribution in [0.4, 0.5) is 5.69 Å². The zero-order valence-corrected chi connectivity index (χ0v) is 24.4. The van der Waals surface area contributed by atoms with E-state index in [4.69, 9.17) is 16.6 Å². The Bertz CT molecular complexity index is 1900. The van der Waals surface area contributed by atoms with E-state index in [-0.39, 0.29) is 33.2 Å². The molecule has 15 heteroatoms. The van der Waals surface area contributed by atoms with Crippen LogP contribution in [0, 0.1) is 0 Å². The van der Waals surface area contributed by atoms with Crippen LogP contribution in [0.25, 0.3) is 10.5 Å². The van der Waals surface area contributed by atoms with E-state index in [0.717, 1.165) is 19.9 Å². The van der Waals surface area contributed by atoms with E-state index in [2.05, 4.69) is 0 Å². The van der Waals surface area contributed by atoms with Crippen LogP contribution in [0.15, 0.2) is 79.8 Å². The summed E-state index contributed by atoms with van der Waals surface area (Å²) in [4.78, 5) is 64.7. The number of hydrogen-bond donors (Lipinski definition) is 3. The van der Waals surface area contributed by atoms with Crippen molar-refractivity contribution in [3.63, 3.8) is 0 Å². The Kier molecular flexibility index (Phi) is 8.57. The van der Waals surface area contributed by atoms with Gasteiger partial charge in [-0.25, -0.2) is 0 Å². The highest BCUT2D eigenvalue weighted by Crippen LogP contribution is 2.46. The van der Waals surface area contributed by atoms with Gasteiger partial charge in [-0.3, -0.25) is 33.4 Å². The second-order valence-corrected chi connectivity index (χ2v) is 11.9. The molecule has 5 rings (SSSR count). The molecule has 0 bridgehead atoms. The topological polar surface area (TPSA) is 171 Å². The molecule has 1 fully saturated rings. The lowest BCUT2D eigenvalue weighted by molar-refractivity contribution is -0.140. The summed E-state index contributed by atoms with van der Waals surface area (Å²) in [6.45, 7) is -1.93. The van der Waals surface area contributed by atoms with Gasteiger partial charge in [0.05, 0.1) is 10.7 Å². The van der Waals surface area contributed by atoms with Crippen LogP contribution in [-0.2, 0) is 32.1 Å². The summed E-state index contributed by atoms with van der Waals surface area (Å²) >= 11 is 7.16. The lowest BCUT2D eigenvalue weighted by Gasteiger charge is -2.18. The summed E-state index contributed by atoms with van der Waals surface area (Å²) in [7, 11) is 0. The molecule has 1 saturated heterocycles. The maximum Gasteiger partial charge on any atom is 0.323 e. The van der Waals surface area contributed by atoms with Gasteiger partial charge in [0.1, 0.15) is 28.9 Å². The van der Waals surface area contributed by atoms with Crippen molar-refractivity contribution < 1.29 is 38.9 Å². The normalized spacial score (nSPS) is 17.4. The molecule has 0 aliphatic carbocycles. The monoisotopic (exact) mass is 639 g/mol. The summed E-state index contributed by atoms with van der Waals surface area (Å²) in [5.74, 6) is -4.61. The first-order chi connectivity index (χ1) is 20.5. The summed E-state index contributed by atoms with van der Waals surface area (Å²) in [6, 6.07) is 16.3. The second-order valence-electron chi connectivity index (χ2n) is 9.22. The van der Waals surface area contributed by atoms with Gasteiger partial charge in [0.25, 0.3) is 11.5 Å². The maximum atomic E-state index is 13.8. The van der Waals surface area contributed by atoms with Crippen LogP contribution in [0.3, 0.4) is 0 Å². The van der Waals surface area contributed by atoms with Gasteiger partial charge in [-0.05, 0) is 35.5 Å². The van der Waals surface area contributed by atoms with Crippen LogP contribution in [-0.4, -0.2) is 66.0 Å². The fourth-order valence-electron chi connectivity index (χ4n) is 4.48. The number of thiocarbonyl (C=S) groups is 1. The minimum absolute atomic E-state index is 0.0882. The number of para-hydroxylation sites is 1. The molecule has 1 aromatic heterocycles. The average Bonchev–Trinajstić information content (AvgIpc) is 3.55. The molecule has 3 aromatic rings. The van der Waals surface area contributed by atoms with Crippen molar-refractivity contribution in [2.45, 2.75) is 17.9 Å². The predicted molar refractivity (Wildman–Crippen MR) is 162 cm³/mol. The number of aromatic nitrogens is 1. The third kappa shape index (κ3) is 6.28. The molecule has 3 N–H and O–H groups in total. The van der Waals surface area contributed by atoms with Crippen LogP contribution in [0.5, 0.6) is 0 Å². The van der Waals surface area contributed by atoms with Crippen LogP contribution in [0.1, 0.15) is 5.56 Å². The van der Waals surface area contributed by atoms with Crippen molar-refractivity contribution in [2.75, 3.05) is 18.0 Å². The first-order valence-electron chi connectivity index (χ1n) is 12.5. The van der Waals surface area contributed by atoms with Crippen molar-refractivity contribution in [2.24, 2.45) is 0 Å². The average molecular weight is 640 g/mol. The molecule has 2 aliphatic rings. The zero-order valence-electron chi connectivity index (χ0n) is 22.0. The Labute approximate surface area is 256 Å². The number of nitrogens with zero attached hydrogens (tertiary/aromatic N) is 3. The number of allylic oxidation sites excluding steroid dienone is 1. The number of hydrogen-bond acceptors (Lipinski definition) is 10. The molecule has 2 aliphatic heterocycles. The smallest absolute Gasteiger partial charge is 0.323 e. The number of oxazole rings is 1. The number of carboxylic acid groups (broad SMARTS) is 3. The van der Waals surface area contributed by atoms with E-state index in [1.165, 1.54) is 11.8 Å². The van der Waals surface area contributed by atoms with E-state index in [1.54, 1.807) is 35.2 Å². The second kappa shape index (κ2) is 12.3. The fraction of sp³-hybridized carbons (Fsp3) is 0.143. The minimum Gasteiger partial charge on any atom is -0.480 e. The SMILES string of the molecule is O=C(O)CN1C(=O)C(=c2oc(=C(C=C3Sc4ccccc4N3CC(=O)O)Cc3ccccc3)c(=O)n2CC(=O)O)SC1=S. The number of carbonyl (C=O) groups is 4. The Morgan fingerprint density at radius 1 is 0.837 bits per heavy atom. The third-order valence-corrected chi connectivity index (χ3v) is 8.80. The highest BCUT2D eigenvalue weighted by Gasteiger charge is 2.36. The van der Waals surface area contributed by atoms with Crippen molar-refractivity contribution in [1.29, 1.82) is 0 Å². The third-order valence-electron chi connectivity index (χ3n) is 6.27. The van der Waals surface area contributed by atoms with Gasteiger partial charge >= 0.3 is 17.9 Å². The van der Waals surface area contributed by atoms with Crippen molar-refractivity contribution in [1.82, 2.24) is 9.47 Å². The molecule has 3 heterocycles.